The molecule has 1 aromatic carbocycles. The summed E-state index contributed by atoms with van der Waals surface area (Å²) in [6.45, 7) is 3.96. The fourth-order valence-electron chi connectivity index (χ4n) is 3.17. The van der Waals surface area contributed by atoms with Gasteiger partial charge in [-0.1, -0.05) is 0 Å². The smallest absolute Gasteiger partial charge is 0.325 e. The fourth-order valence-corrected chi connectivity index (χ4v) is 3.17. The molecule has 104 valence electrons. The van der Waals surface area contributed by atoms with E-state index in [1.54, 1.807) is 7.11 Å². The molecule has 0 radical (unpaired) electrons. The molecule has 0 aromatic heterocycles. The first-order valence-corrected chi connectivity index (χ1v) is 6.66. The van der Waals surface area contributed by atoms with E-state index in [4.69, 9.17) is 10.5 Å². The SMILES string of the molecule is COc1c(C)c2c(c(C)c1C(N)C(=O)O)CCCC2. The summed E-state index contributed by atoms with van der Waals surface area (Å²) in [6, 6.07) is -1.03. The van der Waals surface area contributed by atoms with Crippen LogP contribution in [0.25, 0.3) is 0 Å². The molecule has 0 amide bonds. The molecule has 0 aliphatic heterocycles. The second-order valence-electron chi connectivity index (χ2n) is 5.18. The Kier molecular flexibility index (Phi) is 3.80. The van der Waals surface area contributed by atoms with Gasteiger partial charge in [-0.15, -0.1) is 0 Å². The van der Waals surface area contributed by atoms with E-state index >= 15 is 0 Å². The van der Waals surface area contributed by atoms with Gasteiger partial charge in [0.1, 0.15) is 11.8 Å². The highest BCUT2D eigenvalue weighted by atomic mass is 16.5. The van der Waals surface area contributed by atoms with E-state index in [-0.39, 0.29) is 0 Å². The molecule has 1 atom stereocenters. The third-order valence-corrected chi connectivity index (χ3v) is 4.14. The van der Waals surface area contributed by atoms with Crippen LogP contribution in [0.15, 0.2) is 0 Å². The molecule has 0 spiro atoms. The predicted octanol–water partition coefficient (Wildman–Crippen LogP) is 2.28. The molecular weight excluding hydrogens is 242 g/mol. The topological polar surface area (TPSA) is 72.5 Å². The number of fused-ring (bicyclic) bond motifs is 1. The number of ether oxygens (including phenoxy) is 1. The average Bonchev–Trinajstić information content (AvgIpc) is 2.41. The highest BCUT2D eigenvalue weighted by molar-refractivity contribution is 5.78. The molecule has 1 unspecified atom stereocenters. The van der Waals surface area contributed by atoms with Gasteiger partial charge in [0.2, 0.25) is 0 Å². The molecule has 1 aliphatic rings. The highest BCUT2D eigenvalue weighted by Gasteiger charge is 2.28. The number of rotatable bonds is 3. The van der Waals surface area contributed by atoms with Gasteiger partial charge in [-0.3, -0.25) is 4.79 Å². The third-order valence-electron chi connectivity index (χ3n) is 4.14. The first-order valence-electron chi connectivity index (χ1n) is 6.66. The first kappa shape index (κ1) is 13.9. The van der Waals surface area contributed by atoms with Gasteiger partial charge in [0, 0.05) is 5.56 Å². The van der Waals surface area contributed by atoms with Crippen molar-refractivity contribution < 1.29 is 14.6 Å². The van der Waals surface area contributed by atoms with Crippen LogP contribution < -0.4 is 10.5 Å². The molecule has 4 heteroatoms. The van der Waals surface area contributed by atoms with Crippen LogP contribution in [0.2, 0.25) is 0 Å². The zero-order valence-electron chi connectivity index (χ0n) is 11.7. The summed E-state index contributed by atoms with van der Waals surface area (Å²) in [6.07, 6.45) is 4.38. The van der Waals surface area contributed by atoms with Crippen molar-refractivity contribution >= 4 is 5.97 Å². The summed E-state index contributed by atoms with van der Waals surface area (Å²) in [4.78, 5) is 11.2. The van der Waals surface area contributed by atoms with Crippen LogP contribution in [0.3, 0.4) is 0 Å². The van der Waals surface area contributed by atoms with Crippen LogP contribution in [-0.2, 0) is 17.6 Å². The highest BCUT2D eigenvalue weighted by Crippen LogP contribution is 2.39. The third kappa shape index (κ3) is 2.21. The summed E-state index contributed by atoms with van der Waals surface area (Å²) < 4.78 is 5.45. The fraction of sp³-hybridized carbons (Fsp3) is 0.533. The number of carboxylic acid groups (broad SMARTS) is 1. The molecule has 19 heavy (non-hydrogen) atoms. The van der Waals surface area contributed by atoms with Gasteiger partial charge < -0.3 is 15.6 Å². The number of methoxy groups -OCH3 is 1. The number of nitrogens with two attached hydrogens (primary N) is 1. The van der Waals surface area contributed by atoms with Crippen LogP contribution in [0.5, 0.6) is 5.75 Å². The van der Waals surface area contributed by atoms with Crippen molar-refractivity contribution in [2.45, 2.75) is 45.6 Å². The molecule has 0 bridgehead atoms. The lowest BCUT2D eigenvalue weighted by Crippen LogP contribution is -2.24. The number of carboxylic acids is 1. The van der Waals surface area contributed by atoms with Crippen LogP contribution in [0, 0.1) is 13.8 Å². The van der Waals surface area contributed by atoms with Crippen molar-refractivity contribution in [3.05, 3.63) is 27.8 Å². The van der Waals surface area contributed by atoms with Gasteiger partial charge in [-0.2, -0.15) is 0 Å². The molecular formula is C15H21NO3. The Hall–Kier alpha value is -1.55. The van der Waals surface area contributed by atoms with Gasteiger partial charge in [0.15, 0.2) is 0 Å². The summed E-state index contributed by atoms with van der Waals surface area (Å²) >= 11 is 0. The molecule has 0 saturated heterocycles. The number of carbonyl (C=O) groups is 1. The van der Waals surface area contributed by atoms with E-state index in [0.717, 1.165) is 30.4 Å². The zero-order valence-corrected chi connectivity index (χ0v) is 11.7. The quantitative estimate of drug-likeness (QED) is 0.877. The Bertz CT molecular complexity index is 523. The van der Waals surface area contributed by atoms with E-state index < -0.39 is 12.0 Å². The lowest BCUT2D eigenvalue weighted by atomic mass is 9.81. The maximum atomic E-state index is 11.2. The molecule has 3 N–H and O–H groups in total. The van der Waals surface area contributed by atoms with E-state index in [1.165, 1.54) is 17.5 Å². The number of benzene rings is 1. The predicted molar refractivity (Wildman–Crippen MR) is 73.7 cm³/mol. The summed E-state index contributed by atoms with van der Waals surface area (Å²) in [5, 5.41) is 9.19. The van der Waals surface area contributed by atoms with Gasteiger partial charge in [0.05, 0.1) is 7.11 Å². The Labute approximate surface area is 113 Å². The number of hydrogen-bond acceptors (Lipinski definition) is 3. The summed E-state index contributed by atoms with van der Waals surface area (Å²) in [5.74, 6) is -0.371. The van der Waals surface area contributed by atoms with Crippen molar-refractivity contribution in [3.8, 4) is 5.75 Å². The monoisotopic (exact) mass is 263 g/mol. The van der Waals surface area contributed by atoms with E-state index in [2.05, 4.69) is 0 Å². The van der Waals surface area contributed by atoms with Crippen molar-refractivity contribution in [2.75, 3.05) is 7.11 Å². The van der Waals surface area contributed by atoms with E-state index in [0.29, 0.717) is 11.3 Å². The van der Waals surface area contributed by atoms with E-state index in [1.807, 2.05) is 13.8 Å². The second kappa shape index (κ2) is 5.21. The molecule has 1 aliphatic carbocycles. The normalized spacial score (nSPS) is 15.8. The van der Waals surface area contributed by atoms with Crippen molar-refractivity contribution in [1.29, 1.82) is 0 Å². The molecule has 4 nitrogen and oxygen atoms in total. The summed E-state index contributed by atoms with van der Waals surface area (Å²) in [5.41, 5.74) is 11.1. The maximum absolute atomic E-state index is 11.2. The molecule has 0 heterocycles. The van der Waals surface area contributed by atoms with Gasteiger partial charge in [0.25, 0.3) is 0 Å². The van der Waals surface area contributed by atoms with Crippen molar-refractivity contribution in [2.24, 2.45) is 5.73 Å². The minimum atomic E-state index is -1.03. The first-order chi connectivity index (χ1) is 8.99. The van der Waals surface area contributed by atoms with Crippen LogP contribution in [0.1, 0.15) is 46.7 Å². The molecule has 2 rings (SSSR count). The lowest BCUT2D eigenvalue weighted by Gasteiger charge is -2.27. The Balaban J connectivity index is 2.71. The Morgan fingerprint density at radius 3 is 2.21 bits per heavy atom. The van der Waals surface area contributed by atoms with Crippen molar-refractivity contribution in [1.82, 2.24) is 0 Å². The maximum Gasteiger partial charge on any atom is 0.325 e. The summed E-state index contributed by atoms with van der Waals surface area (Å²) in [7, 11) is 1.58. The Morgan fingerprint density at radius 1 is 1.21 bits per heavy atom. The van der Waals surface area contributed by atoms with Crippen LogP contribution in [0.4, 0.5) is 0 Å². The number of hydrogen-bond donors (Lipinski definition) is 2. The molecule has 1 aromatic rings. The van der Waals surface area contributed by atoms with Gasteiger partial charge in [-0.25, -0.2) is 0 Å². The van der Waals surface area contributed by atoms with E-state index in [9.17, 15) is 9.90 Å². The molecule has 0 saturated carbocycles. The largest absolute Gasteiger partial charge is 0.496 e. The second-order valence-corrected chi connectivity index (χ2v) is 5.18. The minimum absolute atomic E-state index is 0.633. The van der Waals surface area contributed by atoms with Crippen LogP contribution >= 0.6 is 0 Å². The van der Waals surface area contributed by atoms with Crippen LogP contribution in [-0.4, -0.2) is 18.2 Å². The number of aliphatic carboxylic acids is 1. The minimum Gasteiger partial charge on any atom is -0.496 e. The Morgan fingerprint density at radius 2 is 1.74 bits per heavy atom. The lowest BCUT2D eigenvalue weighted by molar-refractivity contribution is -0.138. The average molecular weight is 263 g/mol. The molecule has 0 fully saturated rings. The van der Waals surface area contributed by atoms with Gasteiger partial charge >= 0.3 is 5.97 Å². The van der Waals surface area contributed by atoms with Gasteiger partial charge in [-0.05, 0) is 61.8 Å². The van der Waals surface area contributed by atoms with Crippen molar-refractivity contribution in [3.63, 3.8) is 0 Å². The standard InChI is InChI=1S/C15H21NO3/c1-8-10-6-4-5-7-11(10)9(2)14(19-3)12(8)13(16)15(17)18/h13H,4-7,16H2,1-3H3,(H,17,18). The zero-order chi connectivity index (χ0) is 14.2.